The van der Waals surface area contributed by atoms with Crippen molar-refractivity contribution in [3.05, 3.63) is 23.8 Å². The molecule has 0 aliphatic heterocycles. The third kappa shape index (κ3) is 5.50. The molecule has 0 fully saturated rings. The summed E-state index contributed by atoms with van der Waals surface area (Å²) in [6.45, 7) is 2.66. The fourth-order valence-electron chi connectivity index (χ4n) is 2.12. The number of rotatable bonds is 8. The first kappa shape index (κ1) is 17.0. The van der Waals surface area contributed by atoms with Gasteiger partial charge in [-0.25, -0.2) is 0 Å². The molecule has 0 saturated carbocycles. The van der Waals surface area contributed by atoms with Crippen molar-refractivity contribution in [2.45, 2.75) is 13.0 Å². The third-order valence-corrected chi connectivity index (χ3v) is 3.21. The normalized spacial score (nSPS) is 11.2. The molecule has 0 heterocycles. The Morgan fingerprint density at radius 3 is 2.40 bits per heavy atom. The van der Waals surface area contributed by atoms with Crippen LogP contribution in [0.15, 0.2) is 18.2 Å². The van der Waals surface area contributed by atoms with Gasteiger partial charge in [0.15, 0.2) is 0 Å². The molecule has 0 aliphatic carbocycles. The molecule has 5 nitrogen and oxygen atoms in total. The highest BCUT2D eigenvalue weighted by molar-refractivity contribution is 6.59. The summed E-state index contributed by atoms with van der Waals surface area (Å²) in [5.41, 5.74) is 1.41. The summed E-state index contributed by atoms with van der Waals surface area (Å²) in [5.74, 6) is 0.728. The minimum atomic E-state index is -1.45. The average molecular weight is 280 g/mol. The largest absolute Gasteiger partial charge is 0.497 e. The molecule has 0 amide bonds. The van der Waals surface area contributed by atoms with Crippen LogP contribution >= 0.6 is 0 Å². The third-order valence-electron chi connectivity index (χ3n) is 3.21. The zero-order chi connectivity index (χ0) is 15.1. The Morgan fingerprint density at radius 1 is 1.15 bits per heavy atom. The maximum absolute atomic E-state index is 9.42. The number of ether oxygens (including phenoxy) is 1. The van der Waals surface area contributed by atoms with Crippen LogP contribution in [0.3, 0.4) is 0 Å². The number of hydrogen-bond donors (Lipinski definition) is 2. The molecule has 2 N–H and O–H groups in total. The molecular formula is C14H25BN2O3. The van der Waals surface area contributed by atoms with Gasteiger partial charge in [-0.2, -0.15) is 0 Å². The van der Waals surface area contributed by atoms with Gasteiger partial charge in [0.05, 0.1) is 7.11 Å². The highest BCUT2D eigenvalue weighted by Gasteiger charge is 2.17. The summed E-state index contributed by atoms with van der Waals surface area (Å²) >= 11 is 0. The highest BCUT2D eigenvalue weighted by Crippen LogP contribution is 2.13. The molecule has 0 saturated heterocycles. The molecule has 0 spiro atoms. The first-order valence-electron chi connectivity index (χ1n) is 6.80. The van der Waals surface area contributed by atoms with E-state index in [1.54, 1.807) is 19.2 Å². The van der Waals surface area contributed by atoms with Crippen molar-refractivity contribution >= 4 is 12.6 Å². The first-order valence-corrected chi connectivity index (χ1v) is 6.80. The van der Waals surface area contributed by atoms with Crippen LogP contribution in [0.5, 0.6) is 5.75 Å². The molecule has 1 aromatic carbocycles. The monoisotopic (exact) mass is 280 g/mol. The fraction of sp³-hybridized carbons (Fsp3) is 0.571. The molecule has 0 bridgehead atoms. The van der Waals surface area contributed by atoms with E-state index in [0.29, 0.717) is 12.0 Å². The molecule has 0 aromatic heterocycles. The van der Waals surface area contributed by atoms with Crippen LogP contribution < -0.4 is 10.2 Å². The summed E-state index contributed by atoms with van der Waals surface area (Å²) in [6, 6.07) is 5.30. The van der Waals surface area contributed by atoms with Crippen LogP contribution in [0.2, 0.25) is 0 Å². The second-order valence-corrected chi connectivity index (χ2v) is 5.33. The Hall–Kier alpha value is -1.08. The van der Waals surface area contributed by atoms with Crippen molar-refractivity contribution in [3.8, 4) is 5.75 Å². The van der Waals surface area contributed by atoms with Gasteiger partial charge in [-0.3, -0.25) is 0 Å². The fourth-order valence-corrected chi connectivity index (χ4v) is 2.12. The van der Waals surface area contributed by atoms with Gasteiger partial charge in [0.1, 0.15) is 5.75 Å². The standard InChI is InChI=1S/C14H25BN2O3/c1-16(2)8-5-9-17(3)11-12-10-13(20-4)6-7-14(12)15(18)19/h6-7,10,18-19H,5,8-9,11H2,1-4H3. The lowest BCUT2D eigenvalue weighted by Crippen LogP contribution is -2.35. The predicted molar refractivity (Wildman–Crippen MR) is 82.3 cm³/mol. The van der Waals surface area contributed by atoms with E-state index in [0.717, 1.165) is 30.8 Å². The number of nitrogens with zero attached hydrogens (tertiary/aromatic N) is 2. The van der Waals surface area contributed by atoms with E-state index in [4.69, 9.17) is 4.74 Å². The highest BCUT2D eigenvalue weighted by atomic mass is 16.5. The molecule has 6 heteroatoms. The lowest BCUT2D eigenvalue weighted by molar-refractivity contribution is 0.294. The summed E-state index contributed by atoms with van der Waals surface area (Å²) in [4.78, 5) is 4.33. The average Bonchev–Trinajstić information content (AvgIpc) is 2.37. The zero-order valence-electron chi connectivity index (χ0n) is 12.8. The SMILES string of the molecule is COc1ccc(B(O)O)c(CN(C)CCCN(C)C)c1. The van der Waals surface area contributed by atoms with Crippen LogP contribution in [-0.2, 0) is 6.54 Å². The Balaban J connectivity index is 2.68. The van der Waals surface area contributed by atoms with E-state index in [2.05, 4.69) is 23.9 Å². The predicted octanol–water partition coefficient (Wildman–Crippen LogP) is -0.241. The van der Waals surface area contributed by atoms with Crippen molar-refractivity contribution in [1.82, 2.24) is 9.80 Å². The topological polar surface area (TPSA) is 56.2 Å². The molecule has 1 rings (SSSR count). The van der Waals surface area contributed by atoms with Crippen LogP contribution in [0, 0.1) is 0 Å². The maximum atomic E-state index is 9.42. The summed E-state index contributed by atoms with van der Waals surface area (Å²) < 4.78 is 5.20. The zero-order valence-corrected chi connectivity index (χ0v) is 12.8. The van der Waals surface area contributed by atoms with Crippen molar-refractivity contribution < 1.29 is 14.8 Å². The first-order chi connectivity index (χ1) is 9.43. The van der Waals surface area contributed by atoms with Gasteiger partial charge in [-0.1, -0.05) is 6.07 Å². The Bertz CT molecular complexity index is 413. The smallest absolute Gasteiger partial charge is 0.488 e. The van der Waals surface area contributed by atoms with Crippen LogP contribution in [0.1, 0.15) is 12.0 Å². The molecule has 112 valence electrons. The summed E-state index contributed by atoms with van der Waals surface area (Å²) in [5, 5.41) is 18.8. The number of hydrogen-bond acceptors (Lipinski definition) is 5. The van der Waals surface area contributed by atoms with Crippen LogP contribution in [-0.4, -0.2) is 68.3 Å². The minimum Gasteiger partial charge on any atom is -0.497 e. The van der Waals surface area contributed by atoms with Gasteiger partial charge in [-0.05, 0) is 63.8 Å². The van der Waals surface area contributed by atoms with E-state index < -0.39 is 7.12 Å². The van der Waals surface area contributed by atoms with Gasteiger partial charge in [-0.15, -0.1) is 0 Å². The van der Waals surface area contributed by atoms with Gasteiger partial charge >= 0.3 is 7.12 Å². The number of methoxy groups -OCH3 is 1. The lowest BCUT2D eigenvalue weighted by Gasteiger charge is -2.20. The molecule has 0 radical (unpaired) electrons. The second-order valence-electron chi connectivity index (χ2n) is 5.33. The molecule has 20 heavy (non-hydrogen) atoms. The Labute approximate surface area is 121 Å². The van der Waals surface area contributed by atoms with E-state index in [1.165, 1.54) is 0 Å². The van der Waals surface area contributed by atoms with Crippen molar-refractivity contribution in [3.63, 3.8) is 0 Å². The molecule has 0 atom stereocenters. The molecular weight excluding hydrogens is 255 g/mol. The van der Waals surface area contributed by atoms with E-state index in [-0.39, 0.29) is 0 Å². The second kappa shape index (κ2) is 8.27. The van der Waals surface area contributed by atoms with Gasteiger partial charge in [0.2, 0.25) is 0 Å². The molecule has 0 aliphatic rings. The van der Waals surface area contributed by atoms with Crippen molar-refractivity contribution in [2.24, 2.45) is 0 Å². The van der Waals surface area contributed by atoms with E-state index >= 15 is 0 Å². The van der Waals surface area contributed by atoms with Crippen LogP contribution in [0.25, 0.3) is 0 Å². The summed E-state index contributed by atoms with van der Waals surface area (Å²) in [6.07, 6.45) is 1.07. The molecule has 1 aromatic rings. The van der Waals surface area contributed by atoms with Gasteiger partial charge in [0, 0.05) is 6.54 Å². The lowest BCUT2D eigenvalue weighted by atomic mass is 9.77. The summed E-state index contributed by atoms with van der Waals surface area (Å²) in [7, 11) is 6.30. The van der Waals surface area contributed by atoms with Crippen molar-refractivity contribution in [2.75, 3.05) is 41.3 Å². The minimum absolute atomic E-state index is 0.533. The van der Waals surface area contributed by atoms with E-state index in [1.807, 2.05) is 13.1 Å². The van der Waals surface area contributed by atoms with Gasteiger partial charge < -0.3 is 24.6 Å². The maximum Gasteiger partial charge on any atom is 0.488 e. The van der Waals surface area contributed by atoms with Crippen LogP contribution in [0.4, 0.5) is 0 Å². The Kier molecular flexibility index (Phi) is 7.02. The van der Waals surface area contributed by atoms with Gasteiger partial charge in [0.25, 0.3) is 0 Å². The van der Waals surface area contributed by atoms with E-state index in [9.17, 15) is 10.0 Å². The Morgan fingerprint density at radius 2 is 1.85 bits per heavy atom. The van der Waals surface area contributed by atoms with Crippen molar-refractivity contribution in [1.29, 1.82) is 0 Å². The quantitative estimate of drug-likeness (QED) is 0.644. The molecule has 0 unspecified atom stereocenters. The number of benzene rings is 1.